The second kappa shape index (κ2) is 4.83. The number of pyridine rings is 1. The van der Waals surface area contributed by atoms with Crippen molar-refractivity contribution in [2.45, 2.75) is 20.4 Å². The zero-order chi connectivity index (χ0) is 11.5. The second-order valence-corrected chi connectivity index (χ2v) is 4.91. The topological polar surface area (TPSA) is 28.2 Å². The lowest BCUT2D eigenvalue weighted by Gasteiger charge is -2.17. The van der Waals surface area contributed by atoms with Crippen LogP contribution in [-0.4, -0.2) is 25.1 Å². The van der Waals surface area contributed by atoms with Gasteiger partial charge in [0.2, 0.25) is 0 Å². The van der Waals surface area contributed by atoms with Crippen molar-refractivity contribution in [2.75, 3.05) is 25.0 Å². The van der Waals surface area contributed by atoms with Crippen molar-refractivity contribution in [1.29, 1.82) is 0 Å². The molecule has 3 heteroatoms. The van der Waals surface area contributed by atoms with Crippen molar-refractivity contribution in [1.82, 2.24) is 10.3 Å². The van der Waals surface area contributed by atoms with Crippen LogP contribution in [0.4, 0.5) is 5.82 Å². The summed E-state index contributed by atoms with van der Waals surface area (Å²) in [6.07, 6.45) is 1.91. The number of nitrogens with one attached hydrogen (secondary N) is 1. The van der Waals surface area contributed by atoms with Crippen molar-refractivity contribution >= 4 is 5.82 Å². The Bertz CT molecular complexity index is 341. The third-order valence-electron chi connectivity index (χ3n) is 3.50. The molecule has 1 saturated heterocycles. The van der Waals surface area contributed by atoms with Crippen LogP contribution in [0.3, 0.4) is 0 Å². The van der Waals surface area contributed by atoms with Gasteiger partial charge in [0.15, 0.2) is 0 Å². The van der Waals surface area contributed by atoms with Crippen molar-refractivity contribution in [3.8, 4) is 0 Å². The maximum absolute atomic E-state index is 4.47. The molecule has 88 valence electrons. The highest BCUT2D eigenvalue weighted by Crippen LogP contribution is 2.26. The van der Waals surface area contributed by atoms with Crippen LogP contribution in [0.2, 0.25) is 0 Å². The van der Waals surface area contributed by atoms with E-state index in [9.17, 15) is 0 Å². The molecule has 1 aliphatic rings. The van der Waals surface area contributed by atoms with Gasteiger partial charge in [-0.25, -0.2) is 4.98 Å². The van der Waals surface area contributed by atoms with E-state index < -0.39 is 0 Å². The molecule has 0 aromatic carbocycles. The fourth-order valence-corrected chi connectivity index (χ4v) is 2.26. The summed E-state index contributed by atoms with van der Waals surface area (Å²) in [5.74, 6) is 2.67. The monoisotopic (exact) mass is 219 g/mol. The average molecular weight is 219 g/mol. The summed E-state index contributed by atoms with van der Waals surface area (Å²) in [7, 11) is 1.97. The number of nitrogens with zero attached hydrogens (tertiary/aromatic N) is 2. The van der Waals surface area contributed by atoms with Gasteiger partial charge < -0.3 is 10.2 Å². The largest absolute Gasteiger partial charge is 0.356 e. The SMILES string of the molecule is CNCc1ccnc(N2CC(C)C(C)C2)c1. The van der Waals surface area contributed by atoms with Gasteiger partial charge in [-0.1, -0.05) is 13.8 Å². The minimum Gasteiger partial charge on any atom is -0.356 e. The van der Waals surface area contributed by atoms with Crippen LogP contribution in [0.25, 0.3) is 0 Å². The number of anilines is 1. The minimum absolute atomic E-state index is 0.773. The summed E-state index contributed by atoms with van der Waals surface area (Å²) in [4.78, 5) is 6.87. The molecule has 2 unspecified atom stereocenters. The van der Waals surface area contributed by atoms with Crippen molar-refractivity contribution in [3.05, 3.63) is 23.9 Å². The molecule has 1 N–H and O–H groups in total. The minimum atomic E-state index is 0.773. The van der Waals surface area contributed by atoms with E-state index in [4.69, 9.17) is 0 Å². The molecule has 16 heavy (non-hydrogen) atoms. The Labute approximate surface area is 97.9 Å². The van der Waals surface area contributed by atoms with Gasteiger partial charge in [-0.05, 0) is 36.6 Å². The van der Waals surface area contributed by atoms with Gasteiger partial charge in [0, 0.05) is 25.8 Å². The Hall–Kier alpha value is -1.09. The van der Waals surface area contributed by atoms with Crippen LogP contribution in [0, 0.1) is 11.8 Å². The first-order valence-electron chi connectivity index (χ1n) is 6.05. The van der Waals surface area contributed by atoms with Crippen LogP contribution in [-0.2, 0) is 6.54 Å². The molecule has 1 aromatic heterocycles. The Kier molecular flexibility index (Phi) is 3.44. The Morgan fingerprint density at radius 1 is 1.38 bits per heavy atom. The Morgan fingerprint density at radius 3 is 2.69 bits per heavy atom. The van der Waals surface area contributed by atoms with E-state index in [0.717, 1.165) is 37.3 Å². The van der Waals surface area contributed by atoms with E-state index in [-0.39, 0.29) is 0 Å². The molecule has 0 bridgehead atoms. The van der Waals surface area contributed by atoms with Crippen LogP contribution >= 0.6 is 0 Å². The van der Waals surface area contributed by atoms with Gasteiger partial charge >= 0.3 is 0 Å². The lowest BCUT2D eigenvalue weighted by Crippen LogP contribution is -2.21. The van der Waals surface area contributed by atoms with Gasteiger partial charge in [-0.2, -0.15) is 0 Å². The van der Waals surface area contributed by atoms with Crippen LogP contribution < -0.4 is 10.2 Å². The maximum atomic E-state index is 4.47. The molecule has 2 atom stereocenters. The fraction of sp³-hybridized carbons (Fsp3) is 0.615. The van der Waals surface area contributed by atoms with E-state index >= 15 is 0 Å². The maximum Gasteiger partial charge on any atom is 0.128 e. The lowest BCUT2D eigenvalue weighted by molar-refractivity contribution is 0.494. The molecule has 0 amide bonds. The highest BCUT2D eigenvalue weighted by Gasteiger charge is 2.26. The summed E-state index contributed by atoms with van der Waals surface area (Å²) in [5, 5.41) is 3.17. The number of hydrogen-bond acceptors (Lipinski definition) is 3. The normalized spacial score (nSPS) is 25.1. The average Bonchev–Trinajstić information content (AvgIpc) is 2.60. The third-order valence-corrected chi connectivity index (χ3v) is 3.50. The highest BCUT2D eigenvalue weighted by molar-refractivity contribution is 5.42. The van der Waals surface area contributed by atoms with Crippen molar-refractivity contribution in [2.24, 2.45) is 11.8 Å². The summed E-state index contributed by atoms with van der Waals surface area (Å²) < 4.78 is 0. The molecular weight excluding hydrogens is 198 g/mol. The van der Waals surface area contributed by atoms with Crippen LogP contribution in [0.5, 0.6) is 0 Å². The van der Waals surface area contributed by atoms with E-state index in [0.29, 0.717) is 0 Å². The summed E-state index contributed by atoms with van der Waals surface area (Å²) in [5.41, 5.74) is 1.31. The quantitative estimate of drug-likeness (QED) is 0.841. The zero-order valence-electron chi connectivity index (χ0n) is 10.4. The van der Waals surface area contributed by atoms with Crippen molar-refractivity contribution < 1.29 is 0 Å². The molecule has 0 radical (unpaired) electrons. The van der Waals surface area contributed by atoms with E-state index in [1.807, 2.05) is 13.2 Å². The molecule has 2 rings (SSSR count). The van der Waals surface area contributed by atoms with Crippen LogP contribution in [0.15, 0.2) is 18.3 Å². The molecule has 0 aliphatic carbocycles. The van der Waals surface area contributed by atoms with Gasteiger partial charge in [-0.3, -0.25) is 0 Å². The van der Waals surface area contributed by atoms with Crippen molar-refractivity contribution in [3.63, 3.8) is 0 Å². The molecular formula is C13H21N3. The predicted octanol–water partition coefficient (Wildman–Crippen LogP) is 1.89. The van der Waals surface area contributed by atoms with Crippen LogP contribution in [0.1, 0.15) is 19.4 Å². The summed E-state index contributed by atoms with van der Waals surface area (Å²) in [6, 6.07) is 4.27. The van der Waals surface area contributed by atoms with Gasteiger partial charge in [0.25, 0.3) is 0 Å². The molecule has 1 aliphatic heterocycles. The summed E-state index contributed by atoms with van der Waals surface area (Å²) in [6.45, 7) is 7.83. The fourth-order valence-electron chi connectivity index (χ4n) is 2.26. The summed E-state index contributed by atoms with van der Waals surface area (Å²) >= 11 is 0. The van der Waals surface area contributed by atoms with E-state index in [1.54, 1.807) is 0 Å². The number of aromatic nitrogens is 1. The highest BCUT2D eigenvalue weighted by atomic mass is 15.2. The number of hydrogen-bond donors (Lipinski definition) is 1. The molecule has 2 heterocycles. The smallest absolute Gasteiger partial charge is 0.128 e. The molecule has 0 saturated carbocycles. The first-order valence-corrected chi connectivity index (χ1v) is 6.05. The Morgan fingerprint density at radius 2 is 2.06 bits per heavy atom. The van der Waals surface area contributed by atoms with E-state index in [2.05, 4.69) is 41.2 Å². The molecule has 1 aromatic rings. The predicted molar refractivity (Wildman–Crippen MR) is 67.5 cm³/mol. The first kappa shape index (κ1) is 11.4. The Balaban J connectivity index is 2.12. The van der Waals surface area contributed by atoms with Gasteiger partial charge in [0.1, 0.15) is 5.82 Å². The third kappa shape index (κ3) is 2.35. The van der Waals surface area contributed by atoms with E-state index in [1.165, 1.54) is 5.56 Å². The van der Waals surface area contributed by atoms with Gasteiger partial charge in [-0.15, -0.1) is 0 Å². The number of rotatable bonds is 3. The van der Waals surface area contributed by atoms with Gasteiger partial charge in [0.05, 0.1) is 0 Å². The standard InChI is InChI=1S/C13H21N3/c1-10-8-16(9-11(10)2)13-6-12(7-14-3)4-5-15-13/h4-6,10-11,14H,7-9H2,1-3H3. The first-order chi connectivity index (χ1) is 7.70. The molecule has 0 spiro atoms. The second-order valence-electron chi connectivity index (χ2n) is 4.91. The molecule has 1 fully saturated rings. The molecule has 3 nitrogen and oxygen atoms in total. The zero-order valence-corrected chi connectivity index (χ0v) is 10.4. The lowest BCUT2D eigenvalue weighted by atomic mass is 10.0.